The first kappa shape index (κ1) is 18.0. The summed E-state index contributed by atoms with van der Waals surface area (Å²) in [5, 5.41) is 11.4. The van der Waals surface area contributed by atoms with Crippen molar-refractivity contribution < 1.29 is 5.11 Å². The molecular weight excluding hydrogens is 314 g/mol. The number of aliphatic hydroxyl groups is 1. The zero-order chi connectivity index (χ0) is 17.9. The number of aromatic nitrogens is 2. The van der Waals surface area contributed by atoms with E-state index in [-0.39, 0.29) is 0 Å². The third kappa shape index (κ3) is 4.26. The number of benzene rings is 1. The van der Waals surface area contributed by atoms with Gasteiger partial charge in [0, 0.05) is 38.1 Å². The van der Waals surface area contributed by atoms with Crippen molar-refractivity contribution >= 4 is 16.7 Å². The van der Waals surface area contributed by atoms with Crippen LogP contribution in [0.25, 0.3) is 10.9 Å². The van der Waals surface area contributed by atoms with E-state index >= 15 is 0 Å². The number of nitrogens with zero attached hydrogens (tertiary/aromatic N) is 4. The zero-order valence-corrected chi connectivity index (χ0v) is 15.3. The fourth-order valence-electron chi connectivity index (χ4n) is 3.42. The van der Waals surface area contributed by atoms with E-state index in [0.717, 1.165) is 62.3 Å². The molecule has 1 aromatic carbocycles. The number of nitrogen functional groups attached to an aromatic ring is 1. The van der Waals surface area contributed by atoms with Crippen LogP contribution in [-0.4, -0.2) is 63.2 Å². The predicted molar refractivity (Wildman–Crippen MR) is 101 cm³/mol. The number of fused-ring (bicyclic) bond motifs is 1. The lowest BCUT2D eigenvalue weighted by molar-refractivity contribution is -0.0163. The predicted octanol–water partition coefficient (Wildman–Crippen LogP) is 1.88. The first-order valence-electron chi connectivity index (χ1n) is 9.21. The molecule has 1 fully saturated rings. The van der Waals surface area contributed by atoms with Crippen molar-refractivity contribution in [2.24, 2.45) is 0 Å². The molecule has 0 radical (unpaired) electrons. The number of hydrogen-bond donors (Lipinski definition) is 2. The Hall–Kier alpha value is -1.76. The molecule has 0 unspecified atom stereocenters. The minimum absolute atomic E-state index is 0.551. The fraction of sp³-hybridized carbons (Fsp3) is 0.579. The Kier molecular flexibility index (Phi) is 5.51. The quantitative estimate of drug-likeness (QED) is 0.834. The van der Waals surface area contributed by atoms with Gasteiger partial charge in [-0.3, -0.25) is 9.80 Å². The summed E-state index contributed by atoms with van der Waals surface area (Å²) in [7, 11) is 0. The van der Waals surface area contributed by atoms with E-state index in [4.69, 9.17) is 5.73 Å². The average Bonchev–Trinajstić information content (AvgIpc) is 2.63. The summed E-state index contributed by atoms with van der Waals surface area (Å²) in [5.41, 5.74) is 6.42. The van der Waals surface area contributed by atoms with Crippen LogP contribution < -0.4 is 5.73 Å². The van der Waals surface area contributed by atoms with E-state index in [1.165, 1.54) is 0 Å². The number of β-amino-alcohol motifs (C(OH)–C–C–N with tert-alkyl or cyclic N) is 1. The summed E-state index contributed by atoms with van der Waals surface area (Å²) >= 11 is 0. The molecule has 0 spiro atoms. The van der Waals surface area contributed by atoms with Crippen LogP contribution in [0.4, 0.5) is 5.82 Å². The van der Waals surface area contributed by atoms with Crippen molar-refractivity contribution in [1.29, 1.82) is 0 Å². The molecule has 25 heavy (non-hydrogen) atoms. The van der Waals surface area contributed by atoms with Gasteiger partial charge in [0.1, 0.15) is 11.6 Å². The number of anilines is 1. The second-order valence-electron chi connectivity index (χ2n) is 7.03. The molecule has 0 amide bonds. The van der Waals surface area contributed by atoms with Gasteiger partial charge >= 0.3 is 0 Å². The summed E-state index contributed by atoms with van der Waals surface area (Å²) in [6, 6.07) is 7.86. The standard InChI is InChI=1S/C19H29N5O/c1-3-19(25,4-2)14-24-11-9-23(10-12-24)13-17-21-16-8-6-5-7-15(16)18(20)22-17/h5-8,25H,3-4,9-14H2,1-2H3,(H2,20,21,22). The largest absolute Gasteiger partial charge is 0.389 e. The van der Waals surface area contributed by atoms with Crippen LogP contribution in [0.15, 0.2) is 24.3 Å². The second kappa shape index (κ2) is 7.64. The third-order valence-electron chi connectivity index (χ3n) is 5.34. The number of rotatable bonds is 6. The van der Waals surface area contributed by atoms with Crippen molar-refractivity contribution in [3.8, 4) is 0 Å². The van der Waals surface area contributed by atoms with Gasteiger partial charge in [-0.2, -0.15) is 0 Å². The molecule has 0 bridgehead atoms. The second-order valence-corrected chi connectivity index (χ2v) is 7.03. The van der Waals surface area contributed by atoms with Gasteiger partial charge in [-0.15, -0.1) is 0 Å². The molecule has 1 aliphatic heterocycles. The first-order chi connectivity index (χ1) is 12.0. The maximum Gasteiger partial charge on any atom is 0.145 e. The highest BCUT2D eigenvalue weighted by atomic mass is 16.3. The normalized spacial score (nSPS) is 17.2. The van der Waals surface area contributed by atoms with Crippen LogP contribution in [0, 0.1) is 0 Å². The minimum atomic E-state index is -0.557. The van der Waals surface area contributed by atoms with Crippen molar-refractivity contribution in [3.63, 3.8) is 0 Å². The fourth-order valence-corrected chi connectivity index (χ4v) is 3.42. The number of piperazine rings is 1. The maximum atomic E-state index is 10.5. The highest BCUT2D eigenvalue weighted by molar-refractivity contribution is 5.87. The Bertz CT molecular complexity index is 708. The smallest absolute Gasteiger partial charge is 0.145 e. The van der Waals surface area contributed by atoms with Crippen LogP contribution in [0.2, 0.25) is 0 Å². The van der Waals surface area contributed by atoms with E-state index in [0.29, 0.717) is 12.4 Å². The zero-order valence-electron chi connectivity index (χ0n) is 15.3. The van der Waals surface area contributed by atoms with Crippen LogP contribution in [0.5, 0.6) is 0 Å². The Morgan fingerprint density at radius 3 is 2.36 bits per heavy atom. The van der Waals surface area contributed by atoms with E-state index in [1.54, 1.807) is 0 Å². The number of hydrogen-bond acceptors (Lipinski definition) is 6. The summed E-state index contributed by atoms with van der Waals surface area (Å²) in [5.74, 6) is 1.33. The molecule has 0 saturated carbocycles. The first-order valence-corrected chi connectivity index (χ1v) is 9.21. The van der Waals surface area contributed by atoms with Crippen LogP contribution in [-0.2, 0) is 6.54 Å². The number of nitrogens with two attached hydrogens (primary N) is 1. The Balaban J connectivity index is 1.59. The molecule has 3 N–H and O–H groups in total. The molecule has 1 saturated heterocycles. The Morgan fingerprint density at radius 1 is 1.04 bits per heavy atom. The monoisotopic (exact) mass is 343 g/mol. The topological polar surface area (TPSA) is 78.5 Å². The van der Waals surface area contributed by atoms with Gasteiger partial charge in [0.25, 0.3) is 0 Å². The lowest BCUT2D eigenvalue weighted by atomic mass is 9.96. The molecular formula is C19H29N5O. The van der Waals surface area contributed by atoms with Gasteiger partial charge in [-0.25, -0.2) is 9.97 Å². The van der Waals surface area contributed by atoms with Gasteiger partial charge in [-0.05, 0) is 25.0 Å². The lowest BCUT2D eigenvalue weighted by Crippen LogP contribution is -2.51. The highest BCUT2D eigenvalue weighted by Crippen LogP contribution is 2.19. The van der Waals surface area contributed by atoms with Crippen molar-refractivity contribution in [3.05, 3.63) is 30.1 Å². The van der Waals surface area contributed by atoms with Gasteiger partial charge in [0.2, 0.25) is 0 Å². The summed E-state index contributed by atoms with van der Waals surface area (Å²) < 4.78 is 0. The van der Waals surface area contributed by atoms with Crippen LogP contribution >= 0.6 is 0 Å². The van der Waals surface area contributed by atoms with Gasteiger partial charge < -0.3 is 10.8 Å². The molecule has 1 aliphatic rings. The van der Waals surface area contributed by atoms with Crippen molar-refractivity contribution in [2.45, 2.75) is 38.8 Å². The Morgan fingerprint density at radius 2 is 1.68 bits per heavy atom. The highest BCUT2D eigenvalue weighted by Gasteiger charge is 2.27. The molecule has 2 heterocycles. The summed E-state index contributed by atoms with van der Waals surface area (Å²) in [6.45, 7) is 9.43. The lowest BCUT2D eigenvalue weighted by Gasteiger charge is -2.38. The molecule has 3 rings (SSSR count). The molecule has 2 aromatic rings. The number of para-hydroxylation sites is 1. The van der Waals surface area contributed by atoms with Crippen molar-refractivity contribution in [2.75, 3.05) is 38.5 Å². The van der Waals surface area contributed by atoms with Gasteiger partial charge in [0.15, 0.2) is 0 Å². The van der Waals surface area contributed by atoms with Crippen LogP contribution in [0.3, 0.4) is 0 Å². The third-order valence-corrected chi connectivity index (χ3v) is 5.34. The molecule has 136 valence electrons. The van der Waals surface area contributed by atoms with E-state index < -0.39 is 5.60 Å². The van der Waals surface area contributed by atoms with E-state index in [1.807, 2.05) is 24.3 Å². The minimum Gasteiger partial charge on any atom is -0.389 e. The van der Waals surface area contributed by atoms with Gasteiger partial charge in [0.05, 0.1) is 17.7 Å². The molecule has 6 nitrogen and oxygen atoms in total. The Labute approximate surface area is 149 Å². The maximum absolute atomic E-state index is 10.5. The van der Waals surface area contributed by atoms with Crippen molar-refractivity contribution in [1.82, 2.24) is 19.8 Å². The SMILES string of the molecule is CCC(O)(CC)CN1CCN(Cc2nc(N)c3ccccc3n2)CC1. The van der Waals surface area contributed by atoms with Crippen LogP contribution in [0.1, 0.15) is 32.5 Å². The van der Waals surface area contributed by atoms with E-state index in [2.05, 4.69) is 33.6 Å². The summed E-state index contributed by atoms with van der Waals surface area (Å²) in [6.07, 6.45) is 1.60. The molecule has 6 heteroatoms. The molecule has 0 atom stereocenters. The van der Waals surface area contributed by atoms with E-state index in [9.17, 15) is 5.11 Å². The molecule has 0 aliphatic carbocycles. The average molecular weight is 343 g/mol. The summed E-state index contributed by atoms with van der Waals surface area (Å²) in [4.78, 5) is 13.8. The van der Waals surface area contributed by atoms with Gasteiger partial charge in [-0.1, -0.05) is 26.0 Å². The molecule has 1 aromatic heterocycles.